The molecule has 0 atom stereocenters. The molecule has 1 aliphatic carbocycles. The Balaban J connectivity index is 1.80. The Kier molecular flexibility index (Phi) is 3.24. The van der Waals surface area contributed by atoms with Crippen LogP contribution < -0.4 is 5.63 Å². The molecule has 0 spiro atoms. The van der Waals surface area contributed by atoms with E-state index in [1.54, 1.807) is 28.7 Å². The predicted octanol–water partition coefficient (Wildman–Crippen LogP) is 4.36. The number of hydrogen-bond donors (Lipinski definition) is 0. The number of aromatic nitrogens is 1. The molecular weight excluding hydrogens is 302 g/mol. The van der Waals surface area contributed by atoms with Gasteiger partial charge in [-0.05, 0) is 48.8 Å². The second-order valence-electron chi connectivity index (χ2n) is 5.08. The normalized spacial score (nSPS) is 14.9. The molecule has 0 N–H and O–H groups in total. The van der Waals surface area contributed by atoms with Crippen LogP contribution >= 0.6 is 22.7 Å². The average Bonchev–Trinajstić information content (AvgIpc) is 3.12. The third-order valence-corrected chi connectivity index (χ3v) is 5.72. The summed E-state index contributed by atoms with van der Waals surface area (Å²) in [6.45, 7) is 0. The number of nitrogens with zero attached hydrogens (tertiary/aromatic N) is 1. The Labute approximate surface area is 129 Å². The van der Waals surface area contributed by atoms with Gasteiger partial charge in [0, 0.05) is 15.8 Å². The lowest BCUT2D eigenvalue weighted by Gasteiger charge is -2.09. The Hall–Kier alpha value is -1.72. The summed E-state index contributed by atoms with van der Waals surface area (Å²) in [5.41, 5.74) is 0.932. The van der Waals surface area contributed by atoms with Crippen LogP contribution in [-0.2, 0) is 12.8 Å². The third kappa shape index (κ3) is 2.36. The van der Waals surface area contributed by atoms with E-state index in [0.717, 1.165) is 29.0 Å². The summed E-state index contributed by atoms with van der Waals surface area (Å²) in [5, 5.41) is 2.72. The maximum Gasteiger partial charge on any atom is 0.348 e. The van der Waals surface area contributed by atoms with Gasteiger partial charge in [0.15, 0.2) is 0 Å². The third-order valence-electron chi connectivity index (χ3n) is 3.70. The first kappa shape index (κ1) is 13.0. The predicted molar refractivity (Wildman–Crippen MR) is 88.0 cm³/mol. The van der Waals surface area contributed by atoms with Crippen molar-refractivity contribution in [3.8, 4) is 0 Å². The van der Waals surface area contributed by atoms with Gasteiger partial charge in [-0.25, -0.2) is 9.78 Å². The highest BCUT2D eigenvalue weighted by molar-refractivity contribution is 7.18. The fraction of sp³-hybridized carbons (Fsp3) is 0.250. The molecule has 0 fully saturated rings. The molecular formula is C16H13NO2S2. The second kappa shape index (κ2) is 5.24. The Morgan fingerprint density at radius 1 is 1.24 bits per heavy atom. The molecule has 3 aromatic heterocycles. The molecule has 0 amide bonds. The van der Waals surface area contributed by atoms with Crippen LogP contribution in [0.15, 0.2) is 26.7 Å². The van der Waals surface area contributed by atoms with Crippen molar-refractivity contribution in [2.45, 2.75) is 25.7 Å². The zero-order chi connectivity index (χ0) is 14.2. The summed E-state index contributed by atoms with van der Waals surface area (Å²) in [4.78, 5) is 20.0. The second-order valence-corrected chi connectivity index (χ2v) is 7.14. The van der Waals surface area contributed by atoms with E-state index in [4.69, 9.17) is 4.42 Å². The molecule has 0 bridgehead atoms. The first-order chi connectivity index (χ1) is 10.3. The van der Waals surface area contributed by atoms with Crippen molar-refractivity contribution < 1.29 is 4.42 Å². The molecule has 4 rings (SSSR count). The molecule has 0 aromatic carbocycles. The van der Waals surface area contributed by atoms with Crippen LogP contribution in [-0.4, -0.2) is 4.98 Å². The van der Waals surface area contributed by atoms with Crippen molar-refractivity contribution >= 4 is 45.0 Å². The van der Waals surface area contributed by atoms with Crippen molar-refractivity contribution in [2.75, 3.05) is 0 Å². The smallest absolute Gasteiger partial charge is 0.348 e. The van der Waals surface area contributed by atoms with E-state index in [1.165, 1.54) is 16.9 Å². The van der Waals surface area contributed by atoms with Gasteiger partial charge < -0.3 is 4.42 Å². The van der Waals surface area contributed by atoms with Crippen LogP contribution in [0.4, 0.5) is 0 Å². The van der Waals surface area contributed by atoms with E-state index < -0.39 is 0 Å². The van der Waals surface area contributed by atoms with Gasteiger partial charge in [-0.1, -0.05) is 6.07 Å². The lowest BCUT2D eigenvalue weighted by Crippen LogP contribution is -2.06. The molecule has 5 heteroatoms. The minimum absolute atomic E-state index is 0.245. The highest BCUT2D eigenvalue weighted by atomic mass is 32.1. The van der Waals surface area contributed by atoms with Crippen LogP contribution in [0.5, 0.6) is 0 Å². The summed E-state index contributed by atoms with van der Waals surface area (Å²) in [6, 6.07) is 4.01. The summed E-state index contributed by atoms with van der Waals surface area (Å²) in [5.74, 6) is 0.388. The van der Waals surface area contributed by atoms with Gasteiger partial charge in [-0.2, -0.15) is 0 Å². The number of thiophene rings is 2. The highest BCUT2D eigenvalue weighted by Gasteiger charge is 2.20. The van der Waals surface area contributed by atoms with Crippen LogP contribution in [0.3, 0.4) is 0 Å². The van der Waals surface area contributed by atoms with Crippen molar-refractivity contribution in [1.29, 1.82) is 0 Å². The molecule has 3 nitrogen and oxygen atoms in total. The van der Waals surface area contributed by atoms with E-state index in [9.17, 15) is 4.79 Å². The Morgan fingerprint density at radius 3 is 3.00 bits per heavy atom. The number of fused-ring (bicyclic) bond motifs is 3. The van der Waals surface area contributed by atoms with Crippen molar-refractivity contribution in [1.82, 2.24) is 4.98 Å². The monoisotopic (exact) mass is 315 g/mol. The number of hydrogen-bond acceptors (Lipinski definition) is 5. The zero-order valence-electron chi connectivity index (χ0n) is 11.3. The maximum absolute atomic E-state index is 12.3. The van der Waals surface area contributed by atoms with E-state index in [-0.39, 0.29) is 5.63 Å². The number of rotatable bonds is 2. The summed E-state index contributed by atoms with van der Waals surface area (Å²) in [7, 11) is 0. The van der Waals surface area contributed by atoms with Gasteiger partial charge >= 0.3 is 5.63 Å². The quantitative estimate of drug-likeness (QED) is 0.705. The molecule has 3 aromatic rings. The standard InChI is InChI=1S/C16H13NO2S2/c18-16-14-11-5-1-2-6-12(11)21-15(14)17-13(19-16)8-7-10-4-3-9-20-10/h3-4,7-9H,1-2,5-6H2/b8-7+. The minimum atomic E-state index is -0.245. The van der Waals surface area contributed by atoms with Gasteiger partial charge in [0.2, 0.25) is 5.89 Å². The van der Waals surface area contributed by atoms with Crippen LogP contribution in [0, 0.1) is 0 Å². The molecule has 0 radical (unpaired) electrons. The van der Waals surface area contributed by atoms with Crippen LogP contribution in [0.1, 0.15) is 34.1 Å². The Morgan fingerprint density at radius 2 is 2.14 bits per heavy atom. The molecule has 3 heterocycles. The van der Waals surface area contributed by atoms with Crippen molar-refractivity contribution in [3.05, 3.63) is 49.1 Å². The SMILES string of the molecule is O=c1oc(/C=C/c2cccs2)nc2sc3c(c12)CCCC3. The number of aryl methyl sites for hydroxylation is 2. The fourth-order valence-corrected chi connectivity index (χ4v) is 4.59. The van der Waals surface area contributed by atoms with Crippen LogP contribution in [0.25, 0.3) is 22.4 Å². The fourth-order valence-electron chi connectivity index (χ4n) is 2.72. The molecule has 0 unspecified atom stereocenters. The van der Waals surface area contributed by atoms with Crippen LogP contribution in [0.2, 0.25) is 0 Å². The lowest BCUT2D eigenvalue weighted by atomic mass is 9.97. The highest BCUT2D eigenvalue weighted by Crippen LogP contribution is 2.33. The molecule has 0 aliphatic heterocycles. The van der Waals surface area contributed by atoms with Gasteiger partial charge in [-0.15, -0.1) is 22.7 Å². The molecule has 1 aliphatic rings. The van der Waals surface area contributed by atoms with Gasteiger partial charge in [-0.3, -0.25) is 0 Å². The van der Waals surface area contributed by atoms with E-state index in [1.807, 2.05) is 23.6 Å². The summed E-state index contributed by atoms with van der Waals surface area (Å²) < 4.78 is 5.37. The summed E-state index contributed by atoms with van der Waals surface area (Å²) >= 11 is 3.29. The van der Waals surface area contributed by atoms with Crippen molar-refractivity contribution in [2.24, 2.45) is 0 Å². The van der Waals surface area contributed by atoms with Gasteiger partial charge in [0.05, 0.1) is 0 Å². The zero-order valence-corrected chi connectivity index (χ0v) is 12.9. The lowest BCUT2D eigenvalue weighted by molar-refractivity contribution is 0.490. The topological polar surface area (TPSA) is 43.1 Å². The van der Waals surface area contributed by atoms with Crippen molar-refractivity contribution in [3.63, 3.8) is 0 Å². The first-order valence-electron chi connectivity index (χ1n) is 6.98. The van der Waals surface area contributed by atoms with Gasteiger partial charge in [0.1, 0.15) is 10.2 Å². The van der Waals surface area contributed by atoms with Gasteiger partial charge in [0.25, 0.3) is 0 Å². The minimum Gasteiger partial charge on any atom is -0.404 e. The van der Waals surface area contributed by atoms with E-state index in [0.29, 0.717) is 11.3 Å². The average molecular weight is 315 g/mol. The molecule has 21 heavy (non-hydrogen) atoms. The molecule has 0 saturated carbocycles. The first-order valence-corrected chi connectivity index (χ1v) is 8.68. The van der Waals surface area contributed by atoms with E-state index >= 15 is 0 Å². The van der Waals surface area contributed by atoms with E-state index in [2.05, 4.69) is 4.98 Å². The Bertz CT molecular complexity index is 872. The summed E-state index contributed by atoms with van der Waals surface area (Å²) in [6.07, 6.45) is 8.09. The molecule has 106 valence electrons. The maximum atomic E-state index is 12.3. The molecule has 0 saturated heterocycles. The largest absolute Gasteiger partial charge is 0.404 e.